The van der Waals surface area contributed by atoms with Gasteiger partial charge in [0.2, 0.25) is 5.91 Å². The van der Waals surface area contributed by atoms with E-state index in [1.54, 1.807) is 0 Å². The standard InChI is InChI=1S/C55H107NO8/c1-3-5-7-9-11-13-15-17-18-19-20-21-22-23-24-25-26-27-28-29-30-31-33-34-36-38-40-42-44-49(58)48(47-63-55-54(62)53(61)52(60)50(46-57)64-55)56-51(59)45-43-41-39-37-35-32-16-14-12-10-8-6-4-2/h14,16,48-50,52-55,57-58,60-62H,3-13,15,17-47H2,1-2H3,(H,56,59)/b16-14-. The predicted octanol–water partition coefficient (Wildman–Crippen LogP) is 13.2. The van der Waals surface area contributed by atoms with Crippen molar-refractivity contribution in [3.63, 3.8) is 0 Å². The SMILES string of the molecule is CCCCCC/C=C\CCCCCCCC(=O)NC(COC1OC(CO)C(O)C(O)C1O)C(O)CCCCCCCCCCCCCCCCCCCCCCCCCCCCCC. The van der Waals surface area contributed by atoms with Crippen molar-refractivity contribution in [2.45, 2.75) is 320 Å². The molecule has 0 bridgehead atoms. The number of nitrogens with one attached hydrogen (secondary N) is 1. The predicted molar refractivity (Wildman–Crippen MR) is 267 cm³/mol. The van der Waals surface area contributed by atoms with E-state index in [0.29, 0.717) is 12.8 Å². The van der Waals surface area contributed by atoms with Crippen molar-refractivity contribution < 1.29 is 39.8 Å². The van der Waals surface area contributed by atoms with Gasteiger partial charge in [0.1, 0.15) is 24.4 Å². The van der Waals surface area contributed by atoms with Crippen molar-refractivity contribution >= 4 is 5.91 Å². The van der Waals surface area contributed by atoms with Crippen LogP contribution in [0.5, 0.6) is 0 Å². The summed E-state index contributed by atoms with van der Waals surface area (Å²) in [6.45, 7) is 3.84. The highest BCUT2D eigenvalue weighted by atomic mass is 16.7. The smallest absolute Gasteiger partial charge is 0.220 e. The molecule has 9 nitrogen and oxygen atoms in total. The Labute approximate surface area is 395 Å². The Hall–Kier alpha value is -1.07. The summed E-state index contributed by atoms with van der Waals surface area (Å²) in [6, 6.07) is -0.720. The molecule has 7 unspecified atom stereocenters. The molecule has 380 valence electrons. The van der Waals surface area contributed by atoms with E-state index in [-0.39, 0.29) is 12.5 Å². The largest absolute Gasteiger partial charge is 0.394 e. The molecule has 7 atom stereocenters. The summed E-state index contributed by atoms with van der Waals surface area (Å²) in [4.78, 5) is 13.0. The molecule has 0 aromatic rings. The Morgan fingerprint density at radius 1 is 0.516 bits per heavy atom. The first-order chi connectivity index (χ1) is 31.3. The topological polar surface area (TPSA) is 149 Å². The number of unbranched alkanes of at least 4 members (excludes halogenated alkanes) is 36. The van der Waals surface area contributed by atoms with E-state index in [4.69, 9.17) is 9.47 Å². The van der Waals surface area contributed by atoms with E-state index in [1.807, 2.05) is 0 Å². The molecule has 1 aliphatic heterocycles. The summed E-state index contributed by atoms with van der Waals surface area (Å²) >= 11 is 0. The lowest BCUT2D eigenvalue weighted by molar-refractivity contribution is -0.302. The molecule has 1 rings (SSSR count). The second-order valence-electron chi connectivity index (χ2n) is 19.7. The van der Waals surface area contributed by atoms with Gasteiger partial charge < -0.3 is 40.3 Å². The van der Waals surface area contributed by atoms with Crippen LogP contribution in [0.4, 0.5) is 0 Å². The summed E-state index contributed by atoms with van der Waals surface area (Å²) in [5.41, 5.74) is 0. The first-order valence-corrected chi connectivity index (χ1v) is 27.9. The van der Waals surface area contributed by atoms with Gasteiger partial charge in [0.25, 0.3) is 0 Å². The zero-order chi connectivity index (χ0) is 46.6. The highest BCUT2D eigenvalue weighted by molar-refractivity contribution is 5.76. The minimum absolute atomic E-state index is 0.138. The Morgan fingerprint density at radius 3 is 1.28 bits per heavy atom. The van der Waals surface area contributed by atoms with E-state index in [2.05, 4.69) is 31.3 Å². The molecule has 0 spiro atoms. The van der Waals surface area contributed by atoms with Crippen molar-refractivity contribution in [2.75, 3.05) is 13.2 Å². The summed E-state index contributed by atoms with van der Waals surface area (Å²) in [7, 11) is 0. The fraction of sp³-hybridized carbons (Fsp3) is 0.945. The van der Waals surface area contributed by atoms with Crippen molar-refractivity contribution in [1.82, 2.24) is 5.32 Å². The third-order valence-electron chi connectivity index (χ3n) is 13.6. The summed E-state index contributed by atoms with van der Waals surface area (Å²) < 4.78 is 11.3. The van der Waals surface area contributed by atoms with E-state index in [1.165, 1.54) is 199 Å². The number of aliphatic hydroxyl groups excluding tert-OH is 5. The number of hydrogen-bond acceptors (Lipinski definition) is 8. The molecule has 0 saturated carbocycles. The van der Waals surface area contributed by atoms with Gasteiger partial charge in [0, 0.05) is 6.42 Å². The van der Waals surface area contributed by atoms with E-state index in [9.17, 15) is 30.3 Å². The second-order valence-corrected chi connectivity index (χ2v) is 19.7. The molecule has 1 saturated heterocycles. The van der Waals surface area contributed by atoms with Crippen molar-refractivity contribution in [3.8, 4) is 0 Å². The number of hydrogen-bond donors (Lipinski definition) is 6. The quantitative estimate of drug-likeness (QED) is 0.0261. The first kappa shape index (κ1) is 60.9. The molecule has 6 N–H and O–H groups in total. The second kappa shape index (κ2) is 45.7. The van der Waals surface area contributed by atoms with Gasteiger partial charge in [0.05, 0.1) is 25.4 Å². The number of ether oxygens (including phenoxy) is 2. The van der Waals surface area contributed by atoms with Crippen LogP contribution in [0.1, 0.15) is 277 Å². The zero-order valence-electron chi connectivity index (χ0n) is 42.1. The number of carbonyl (C=O) groups is 1. The first-order valence-electron chi connectivity index (χ1n) is 27.9. The summed E-state index contributed by atoms with van der Waals surface area (Å²) in [5, 5.41) is 54.5. The molecule has 1 fully saturated rings. The average molecular weight is 910 g/mol. The Bertz CT molecular complexity index is 1010. The molecule has 1 aliphatic rings. The van der Waals surface area contributed by atoms with Gasteiger partial charge >= 0.3 is 0 Å². The Morgan fingerprint density at radius 2 is 0.875 bits per heavy atom. The highest BCUT2D eigenvalue weighted by Crippen LogP contribution is 2.23. The molecule has 0 aromatic carbocycles. The number of rotatable bonds is 48. The van der Waals surface area contributed by atoms with E-state index >= 15 is 0 Å². The fourth-order valence-corrected chi connectivity index (χ4v) is 9.16. The van der Waals surface area contributed by atoms with Gasteiger partial charge in [-0.3, -0.25) is 4.79 Å². The van der Waals surface area contributed by atoms with Gasteiger partial charge in [-0.25, -0.2) is 0 Å². The van der Waals surface area contributed by atoms with Crippen LogP contribution in [0.15, 0.2) is 12.2 Å². The molecule has 1 amide bonds. The van der Waals surface area contributed by atoms with Crippen molar-refractivity contribution in [3.05, 3.63) is 12.2 Å². The number of carbonyl (C=O) groups excluding carboxylic acids is 1. The maximum absolute atomic E-state index is 13.0. The van der Waals surface area contributed by atoms with Gasteiger partial charge in [-0.2, -0.15) is 0 Å². The molecular formula is C55H107NO8. The minimum Gasteiger partial charge on any atom is -0.394 e. The fourth-order valence-electron chi connectivity index (χ4n) is 9.16. The van der Waals surface area contributed by atoms with Crippen LogP contribution in [0.25, 0.3) is 0 Å². The number of aliphatic hydroxyl groups is 5. The van der Waals surface area contributed by atoms with Crippen LogP contribution < -0.4 is 5.32 Å². The number of amides is 1. The van der Waals surface area contributed by atoms with Gasteiger partial charge in [-0.05, 0) is 38.5 Å². The van der Waals surface area contributed by atoms with Crippen LogP contribution in [-0.2, 0) is 14.3 Å². The lowest BCUT2D eigenvalue weighted by atomic mass is 9.99. The monoisotopic (exact) mass is 910 g/mol. The third-order valence-corrected chi connectivity index (χ3v) is 13.6. The van der Waals surface area contributed by atoms with Crippen molar-refractivity contribution in [2.24, 2.45) is 0 Å². The van der Waals surface area contributed by atoms with Gasteiger partial charge in [-0.1, -0.05) is 244 Å². The van der Waals surface area contributed by atoms with Crippen LogP contribution >= 0.6 is 0 Å². The lowest BCUT2D eigenvalue weighted by Gasteiger charge is -2.40. The molecular weight excluding hydrogens is 803 g/mol. The van der Waals surface area contributed by atoms with Gasteiger partial charge in [-0.15, -0.1) is 0 Å². The molecule has 0 aromatic heterocycles. The molecule has 1 heterocycles. The van der Waals surface area contributed by atoms with Crippen LogP contribution in [0, 0.1) is 0 Å². The molecule has 0 radical (unpaired) electrons. The summed E-state index contributed by atoms with van der Waals surface area (Å²) in [5.74, 6) is -0.150. The van der Waals surface area contributed by atoms with E-state index < -0.39 is 49.5 Å². The average Bonchev–Trinajstić information content (AvgIpc) is 3.29. The molecule has 9 heteroatoms. The van der Waals surface area contributed by atoms with Crippen LogP contribution in [-0.4, -0.2) is 87.5 Å². The lowest BCUT2D eigenvalue weighted by Crippen LogP contribution is -2.60. The molecule has 0 aliphatic carbocycles. The maximum atomic E-state index is 13.0. The normalized spacial score (nSPS) is 20.0. The third kappa shape index (κ3) is 35.1. The number of allylic oxidation sites excluding steroid dienone is 2. The van der Waals surface area contributed by atoms with Gasteiger partial charge in [0.15, 0.2) is 6.29 Å². The Kier molecular flexibility index (Phi) is 43.5. The molecule has 64 heavy (non-hydrogen) atoms. The Balaban J connectivity index is 2.15. The zero-order valence-corrected chi connectivity index (χ0v) is 42.1. The summed E-state index contributed by atoms with van der Waals surface area (Å²) in [6.07, 6.45) is 48.2. The van der Waals surface area contributed by atoms with Crippen molar-refractivity contribution in [1.29, 1.82) is 0 Å². The maximum Gasteiger partial charge on any atom is 0.220 e. The van der Waals surface area contributed by atoms with E-state index in [0.717, 1.165) is 51.4 Å². The highest BCUT2D eigenvalue weighted by Gasteiger charge is 2.44. The minimum atomic E-state index is -1.55. The van der Waals surface area contributed by atoms with Crippen LogP contribution in [0.3, 0.4) is 0 Å². The van der Waals surface area contributed by atoms with Crippen LogP contribution in [0.2, 0.25) is 0 Å².